The van der Waals surface area contributed by atoms with Gasteiger partial charge in [0.05, 0.1) is 48.4 Å². The third-order valence-electron chi connectivity index (χ3n) is 3.42. The van der Waals surface area contributed by atoms with Crippen LogP contribution in [-0.2, 0) is 0 Å². The first-order chi connectivity index (χ1) is 13.3. The lowest BCUT2D eigenvalue weighted by Crippen LogP contribution is -1.98. The maximum atomic E-state index is 10.6. The fourth-order valence-electron chi connectivity index (χ4n) is 2.13. The third-order valence-corrected chi connectivity index (χ3v) is 3.42. The van der Waals surface area contributed by atoms with Gasteiger partial charge in [-0.05, 0) is 12.1 Å². The number of nitrogens with zero attached hydrogens (tertiary/aromatic N) is 2. The van der Waals surface area contributed by atoms with Gasteiger partial charge in [-0.25, -0.2) is 0 Å². The van der Waals surface area contributed by atoms with Gasteiger partial charge in [0.1, 0.15) is 0 Å². The molecule has 2 aromatic rings. The normalized spacial score (nSPS) is 9.39. The number of para-hydroxylation sites is 1. The molecule has 11 nitrogen and oxygen atoms in total. The molecule has 0 saturated heterocycles. The highest BCUT2D eigenvalue weighted by Gasteiger charge is 2.19. The number of rotatable bonds is 7. The van der Waals surface area contributed by atoms with Gasteiger partial charge < -0.3 is 14.2 Å². The molecule has 2 rings (SSSR count). The lowest BCUT2D eigenvalue weighted by Gasteiger charge is -2.07. The minimum absolute atomic E-state index is 0.0179. The molecule has 11 heteroatoms. The molecule has 0 spiro atoms. The Hall–Kier alpha value is -4.02. The molecule has 0 atom stereocenters. The lowest BCUT2D eigenvalue weighted by molar-refractivity contribution is -0.386. The second kappa shape index (κ2) is 10.2. The molecule has 0 saturated carbocycles. The van der Waals surface area contributed by atoms with Gasteiger partial charge >= 0.3 is 5.69 Å². The van der Waals surface area contributed by atoms with Crippen LogP contribution in [0.5, 0.6) is 17.2 Å². The van der Waals surface area contributed by atoms with Gasteiger partial charge in [0, 0.05) is 6.07 Å². The maximum absolute atomic E-state index is 10.6. The Kier molecular flexibility index (Phi) is 8.03. The molecule has 0 aliphatic rings. The monoisotopic (exact) mass is 392 g/mol. The van der Waals surface area contributed by atoms with E-state index in [1.165, 1.54) is 45.6 Å². The average molecular weight is 392 g/mol. The highest BCUT2D eigenvalue weighted by atomic mass is 16.6. The van der Waals surface area contributed by atoms with E-state index in [2.05, 4.69) is 0 Å². The molecule has 0 bridgehead atoms. The Bertz CT molecular complexity index is 896. The molecule has 0 N–H and O–H groups in total. The summed E-state index contributed by atoms with van der Waals surface area (Å²) in [7, 11) is 4.07. The van der Waals surface area contributed by atoms with E-state index in [1.807, 2.05) is 0 Å². The summed E-state index contributed by atoms with van der Waals surface area (Å²) in [5.41, 5.74) is -0.621. The van der Waals surface area contributed by atoms with E-state index in [1.54, 1.807) is 0 Å². The van der Waals surface area contributed by atoms with Crippen LogP contribution < -0.4 is 14.2 Å². The minimum Gasteiger partial charge on any atom is -0.493 e. The molecule has 0 amide bonds. The van der Waals surface area contributed by atoms with E-state index in [4.69, 9.17) is 14.2 Å². The van der Waals surface area contributed by atoms with Gasteiger partial charge in [0.2, 0.25) is 0 Å². The summed E-state index contributed by atoms with van der Waals surface area (Å²) in [6.07, 6.45) is 0.834. The van der Waals surface area contributed by atoms with Crippen LogP contribution in [0.3, 0.4) is 0 Å². The highest BCUT2D eigenvalue weighted by Crippen LogP contribution is 2.33. The van der Waals surface area contributed by atoms with E-state index >= 15 is 0 Å². The Morgan fingerprint density at radius 2 is 1.32 bits per heavy atom. The molecular formula is C17H16N2O9. The minimum atomic E-state index is -0.647. The van der Waals surface area contributed by atoms with E-state index in [9.17, 15) is 29.8 Å². The predicted octanol–water partition coefficient (Wildman–Crippen LogP) is 2.84. The van der Waals surface area contributed by atoms with Gasteiger partial charge in [-0.3, -0.25) is 29.8 Å². The topological polar surface area (TPSA) is 148 Å². The maximum Gasteiger partial charge on any atom is 0.321 e. The number of methoxy groups -OCH3 is 3. The van der Waals surface area contributed by atoms with Gasteiger partial charge in [0.15, 0.2) is 29.8 Å². The van der Waals surface area contributed by atoms with Crippen molar-refractivity contribution < 1.29 is 33.6 Å². The van der Waals surface area contributed by atoms with E-state index in [0.29, 0.717) is 12.6 Å². The Labute approximate surface area is 158 Å². The highest BCUT2D eigenvalue weighted by molar-refractivity contribution is 5.84. The second-order valence-electron chi connectivity index (χ2n) is 4.91. The van der Waals surface area contributed by atoms with Crippen LogP contribution in [0.15, 0.2) is 30.3 Å². The molecule has 0 aliphatic carbocycles. The predicted molar refractivity (Wildman–Crippen MR) is 96.6 cm³/mol. The quantitative estimate of drug-likeness (QED) is 0.394. The number of carbonyl (C=O) groups is 2. The number of nitro benzene ring substituents is 2. The fraction of sp³-hybridized carbons (Fsp3) is 0.176. The van der Waals surface area contributed by atoms with E-state index in [0.717, 1.165) is 6.07 Å². The van der Waals surface area contributed by atoms with Crippen molar-refractivity contribution in [2.75, 3.05) is 21.3 Å². The van der Waals surface area contributed by atoms with Crippen molar-refractivity contribution in [3.63, 3.8) is 0 Å². The zero-order valence-corrected chi connectivity index (χ0v) is 15.1. The van der Waals surface area contributed by atoms with E-state index in [-0.39, 0.29) is 39.8 Å². The Morgan fingerprint density at radius 1 is 0.786 bits per heavy atom. The van der Waals surface area contributed by atoms with Gasteiger partial charge in [0.25, 0.3) is 5.69 Å². The Balaban J connectivity index is 0.000000283. The van der Waals surface area contributed by atoms with Crippen molar-refractivity contribution in [1.29, 1.82) is 0 Å². The number of aldehydes is 2. The molecule has 0 aliphatic heterocycles. The zero-order chi connectivity index (χ0) is 21.3. The van der Waals surface area contributed by atoms with Gasteiger partial charge in [-0.2, -0.15) is 0 Å². The van der Waals surface area contributed by atoms with Gasteiger partial charge in [-0.1, -0.05) is 6.07 Å². The second-order valence-corrected chi connectivity index (χ2v) is 4.91. The summed E-state index contributed by atoms with van der Waals surface area (Å²) in [5.74, 6) is 0.592. The fourth-order valence-corrected chi connectivity index (χ4v) is 2.13. The molecule has 2 aromatic carbocycles. The summed E-state index contributed by atoms with van der Waals surface area (Å²) >= 11 is 0. The molecule has 0 unspecified atom stereocenters. The number of nitro groups is 2. The van der Waals surface area contributed by atoms with Crippen LogP contribution in [0.1, 0.15) is 20.7 Å². The number of hydrogen-bond donors (Lipinski definition) is 0. The number of benzene rings is 2. The van der Waals surface area contributed by atoms with Crippen LogP contribution in [0, 0.1) is 20.2 Å². The smallest absolute Gasteiger partial charge is 0.321 e. The Morgan fingerprint density at radius 3 is 1.75 bits per heavy atom. The summed E-state index contributed by atoms with van der Waals surface area (Å²) in [6, 6.07) is 6.75. The summed E-state index contributed by atoms with van der Waals surface area (Å²) in [5, 5.41) is 21.1. The average Bonchev–Trinajstić information content (AvgIpc) is 2.71. The third kappa shape index (κ3) is 5.00. The van der Waals surface area contributed by atoms with Crippen molar-refractivity contribution in [1.82, 2.24) is 0 Å². The van der Waals surface area contributed by atoms with Crippen LogP contribution in [0.25, 0.3) is 0 Å². The van der Waals surface area contributed by atoms with Crippen molar-refractivity contribution in [2.45, 2.75) is 0 Å². The summed E-state index contributed by atoms with van der Waals surface area (Å²) in [6.45, 7) is 0. The first kappa shape index (κ1) is 22.0. The molecule has 148 valence electrons. The van der Waals surface area contributed by atoms with Crippen molar-refractivity contribution in [2.24, 2.45) is 0 Å². The SMILES string of the molecule is COc1cc(C=O)c([N+](=O)[O-])cc1OC.COc1cccc(C=O)c1[N+](=O)[O-]. The molecule has 0 heterocycles. The molecular weight excluding hydrogens is 376 g/mol. The molecule has 0 aromatic heterocycles. The number of hydrogen-bond acceptors (Lipinski definition) is 9. The van der Waals surface area contributed by atoms with Crippen molar-refractivity contribution in [3.05, 3.63) is 61.7 Å². The van der Waals surface area contributed by atoms with Crippen LogP contribution in [0.2, 0.25) is 0 Å². The van der Waals surface area contributed by atoms with Crippen molar-refractivity contribution >= 4 is 23.9 Å². The lowest BCUT2D eigenvalue weighted by atomic mass is 10.1. The molecule has 0 fully saturated rings. The summed E-state index contributed by atoms with van der Waals surface area (Å²) in [4.78, 5) is 40.9. The van der Waals surface area contributed by atoms with Crippen LogP contribution in [-0.4, -0.2) is 43.7 Å². The zero-order valence-electron chi connectivity index (χ0n) is 15.1. The van der Waals surface area contributed by atoms with Crippen LogP contribution in [0.4, 0.5) is 11.4 Å². The first-order valence-electron chi connectivity index (χ1n) is 7.46. The van der Waals surface area contributed by atoms with Crippen molar-refractivity contribution in [3.8, 4) is 17.2 Å². The number of ether oxygens (including phenoxy) is 3. The van der Waals surface area contributed by atoms with Crippen LogP contribution >= 0.6 is 0 Å². The standard InChI is InChI=1S/C9H9NO5.C8H7NO4/c1-14-8-3-6(5-11)7(10(12)13)4-9(8)15-2;1-13-7-4-2-3-6(5-10)8(7)9(11)12/h3-5H,1-2H3;2-5H,1H3. The largest absolute Gasteiger partial charge is 0.493 e. The van der Waals surface area contributed by atoms with E-state index < -0.39 is 9.85 Å². The first-order valence-corrected chi connectivity index (χ1v) is 7.46. The molecule has 28 heavy (non-hydrogen) atoms. The number of carbonyl (C=O) groups excluding carboxylic acids is 2. The summed E-state index contributed by atoms with van der Waals surface area (Å²) < 4.78 is 14.5. The molecule has 0 radical (unpaired) electrons. The van der Waals surface area contributed by atoms with Gasteiger partial charge in [-0.15, -0.1) is 0 Å².